The third kappa shape index (κ3) is 5.61. The van der Waals surface area contributed by atoms with Gasteiger partial charge in [0.1, 0.15) is 12.4 Å². The summed E-state index contributed by atoms with van der Waals surface area (Å²) in [5.41, 5.74) is 2.56. The highest BCUT2D eigenvalue weighted by Gasteiger charge is 2.20. The van der Waals surface area contributed by atoms with Gasteiger partial charge in [0.05, 0.1) is 6.54 Å². The second kappa shape index (κ2) is 9.23. The van der Waals surface area contributed by atoms with Crippen molar-refractivity contribution < 1.29 is 9.53 Å². The smallest absolute Gasteiger partial charge is 0.223 e. The van der Waals surface area contributed by atoms with Gasteiger partial charge in [0.2, 0.25) is 5.91 Å². The number of hydrogen-bond donors (Lipinski definition) is 2. The molecule has 1 aliphatic rings. The van der Waals surface area contributed by atoms with Crippen LogP contribution in [0.25, 0.3) is 0 Å². The van der Waals surface area contributed by atoms with E-state index in [1.165, 1.54) is 11.1 Å². The van der Waals surface area contributed by atoms with E-state index in [0.29, 0.717) is 13.2 Å². The van der Waals surface area contributed by atoms with E-state index in [1.54, 1.807) is 0 Å². The molecule has 0 radical (unpaired) electrons. The second-order valence-electron chi connectivity index (χ2n) is 6.47. The number of amides is 1. The molecule has 0 spiro atoms. The van der Waals surface area contributed by atoms with Gasteiger partial charge in [-0.25, -0.2) is 0 Å². The molecular weight excluding hydrogens is 312 g/mol. The quantitative estimate of drug-likeness (QED) is 0.763. The lowest BCUT2D eigenvalue weighted by molar-refractivity contribution is -0.125. The lowest BCUT2D eigenvalue weighted by atomic mass is 9.97. The van der Waals surface area contributed by atoms with Gasteiger partial charge in [0.25, 0.3) is 0 Å². The standard InChI is InChI=1S/C21H26N2O2/c24-21(19-10-12-22-13-11-19)23-14-15-25-20-8-6-18(7-9-20)16-17-4-2-1-3-5-17/h1-9,19,22H,10-16H2,(H,23,24). The van der Waals surface area contributed by atoms with Gasteiger partial charge in [0, 0.05) is 5.92 Å². The minimum Gasteiger partial charge on any atom is -0.492 e. The summed E-state index contributed by atoms with van der Waals surface area (Å²) < 4.78 is 5.72. The molecule has 132 valence electrons. The highest BCUT2D eigenvalue weighted by molar-refractivity contribution is 5.78. The van der Waals surface area contributed by atoms with Crippen molar-refractivity contribution in [1.29, 1.82) is 0 Å². The summed E-state index contributed by atoms with van der Waals surface area (Å²) in [6.45, 7) is 2.91. The first-order chi connectivity index (χ1) is 12.3. The molecular formula is C21H26N2O2. The predicted octanol–water partition coefficient (Wildman–Crippen LogP) is 2.77. The molecule has 0 atom stereocenters. The first-order valence-corrected chi connectivity index (χ1v) is 9.05. The van der Waals surface area contributed by atoms with Gasteiger partial charge in [-0.2, -0.15) is 0 Å². The Morgan fingerprint density at radius 2 is 1.68 bits per heavy atom. The zero-order chi connectivity index (χ0) is 17.3. The zero-order valence-corrected chi connectivity index (χ0v) is 14.5. The Morgan fingerprint density at radius 3 is 2.40 bits per heavy atom. The Bertz CT molecular complexity index is 649. The molecule has 4 heteroatoms. The molecule has 0 aromatic heterocycles. The SMILES string of the molecule is O=C(NCCOc1ccc(Cc2ccccc2)cc1)C1CCNCC1. The minimum atomic E-state index is 0.151. The van der Waals surface area contributed by atoms with Crippen LogP contribution in [0.4, 0.5) is 0 Å². The highest BCUT2D eigenvalue weighted by Crippen LogP contribution is 2.15. The van der Waals surface area contributed by atoms with Crippen molar-refractivity contribution in [2.24, 2.45) is 5.92 Å². The van der Waals surface area contributed by atoms with Crippen molar-refractivity contribution in [2.75, 3.05) is 26.2 Å². The number of hydrogen-bond acceptors (Lipinski definition) is 3. The monoisotopic (exact) mass is 338 g/mol. The van der Waals surface area contributed by atoms with Crippen LogP contribution in [-0.2, 0) is 11.2 Å². The van der Waals surface area contributed by atoms with Crippen LogP contribution in [0.15, 0.2) is 54.6 Å². The predicted molar refractivity (Wildman–Crippen MR) is 99.8 cm³/mol. The summed E-state index contributed by atoms with van der Waals surface area (Å²) in [6, 6.07) is 18.6. The number of carbonyl (C=O) groups excluding carboxylic acids is 1. The van der Waals surface area contributed by atoms with Crippen molar-refractivity contribution in [3.63, 3.8) is 0 Å². The molecule has 1 saturated heterocycles. The van der Waals surface area contributed by atoms with Crippen LogP contribution in [0.2, 0.25) is 0 Å². The molecule has 2 aromatic carbocycles. The molecule has 0 saturated carbocycles. The molecule has 0 aliphatic carbocycles. The van der Waals surface area contributed by atoms with Gasteiger partial charge < -0.3 is 15.4 Å². The van der Waals surface area contributed by atoms with Gasteiger partial charge in [-0.05, 0) is 55.6 Å². The van der Waals surface area contributed by atoms with E-state index in [0.717, 1.165) is 38.1 Å². The normalized spacial score (nSPS) is 14.9. The molecule has 1 fully saturated rings. The third-order valence-corrected chi connectivity index (χ3v) is 4.55. The first-order valence-electron chi connectivity index (χ1n) is 9.05. The largest absolute Gasteiger partial charge is 0.492 e. The van der Waals surface area contributed by atoms with Crippen LogP contribution in [0.1, 0.15) is 24.0 Å². The Morgan fingerprint density at radius 1 is 1.00 bits per heavy atom. The van der Waals surface area contributed by atoms with Crippen LogP contribution < -0.4 is 15.4 Å². The maximum Gasteiger partial charge on any atom is 0.223 e. The minimum absolute atomic E-state index is 0.151. The Labute approximate surface area is 149 Å². The van der Waals surface area contributed by atoms with E-state index >= 15 is 0 Å². The summed E-state index contributed by atoms with van der Waals surface area (Å²) >= 11 is 0. The van der Waals surface area contributed by atoms with E-state index in [9.17, 15) is 4.79 Å². The lowest BCUT2D eigenvalue weighted by Gasteiger charge is -2.21. The van der Waals surface area contributed by atoms with Crippen molar-refractivity contribution in [1.82, 2.24) is 10.6 Å². The van der Waals surface area contributed by atoms with Crippen LogP contribution in [0.3, 0.4) is 0 Å². The lowest BCUT2D eigenvalue weighted by Crippen LogP contribution is -2.39. The van der Waals surface area contributed by atoms with Gasteiger partial charge in [-0.1, -0.05) is 42.5 Å². The van der Waals surface area contributed by atoms with Crippen molar-refractivity contribution >= 4 is 5.91 Å². The van der Waals surface area contributed by atoms with E-state index in [-0.39, 0.29) is 11.8 Å². The van der Waals surface area contributed by atoms with Crippen molar-refractivity contribution in [3.05, 3.63) is 65.7 Å². The Balaban J connectivity index is 1.37. The maximum absolute atomic E-state index is 12.0. The summed E-state index contributed by atoms with van der Waals surface area (Å²) in [7, 11) is 0. The van der Waals surface area contributed by atoms with Crippen LogP contribution in [0, 0.1) is 5.92 Å². The zero-order valence-electron chi connectivity index (χ0n) is 14.5. The Kier molecular flexibility index (Phi) is 6.46. The van der Waals surface area contributed by atoms with Crippen LogP contribution >= 0.6 is 0 Å². The average molecular weight is 338 g/mol. The van der Waals surface area contributed by atoms with Crippen LogP contribution in [0.5, 0.6) is 5.75 Å². The van der Waals surface area contributed by atoms with Gasteiger partial charge in [-0.3, -0.25) is 4.79 Å². The average Bonchev–Trinajstić information content (AvgIpc) is 2.68. The summed E-state index contributed by atoms with van der Waals surface area (Å²) in [6.07, 6.45) is 2.78. The van der Waals surface area contributed by atoms with E-state index in [1.807, 2.05) is 18.2 Å². The summed E-state index contributed by atoms with van der Waals surface area (Å²) in [5.74, 6) is 1.15. The number of carbonyl (C=O) groups is 1. The fourth-order valence-electron chi connectivity index (χ4n) is 3.11. The van der Waals surface area contributed by atoms with Crippen LogP contribution in [-0.4, -0.2) is 32.1 Å². The molecule has 1 aliphatic heterocycles. The fraction of sp³-hybridized carbons (Fsp3) is 0.381. The second-order valence-corrected chi connectivity index (χ2v) is 6.47. The van der Waals surface area contributed by atoms with E-state index < -0.39 is 0 Å². The maximum atomic E-state index is 12.0. The van der Waals surface area contributed by atoms with Crippen molar-refractivity contribution in [3.8, 4) is 5.75 Å². The molecule has 0 unspecified atom stereocenters. The molecule has 0 bridgehead atoms. The van der Waals surface area contributed by atoms with E-state index in [2.05, 4.69) is 47.0 Å². The molecule has 4 nitrogen and oxygen atoms in total. The van der Waals surface area contributed by atoms with Gasteiger partial charge in [-0.15, -0.1) is 0 Å². The summed E-state index contributed by atoms with van der Waals surface area (Å²) in [5, 5.41) is 6.25. The third-order valence-electron chi connectivity index (χ3n) is 4.55. The molecule has 2 aromatic rings. The number of piperidine rings is 1. The molecule has 3 rings (SSSR count). The topological polar surface area (TPSA) is 50.4 Å². The van der Waals surface area contributed by atoms with Gasteiger partial charge in [0.15, 0.2) is 0 Å². The highest BCUT2D eigenvalue weighted by atomic mass is 16.5. The number of benzene rings is 2. The van der Waals surface area contributed by atoms with Crippen molar-refractivity contribution in [2.45, 2.75) is 19.3 Å². The van der Waals surface area contributed by atoms with E-state index in [4.69, 9.17) is 4.74 Å². The van der Waals surface area contributed by atoms with Gasteiger partial charge >= 0.3 is 0 Å². The molecule has 1 heterocycles. The number of rotatable bonds is 7. The number of ether oxygens (including phenoxy) is 1. The fourth-order valence-corrected chi connectivity index (χ4v) is 3.11. The molecule has 1 amide bonds. The Hall–Kier alpha value is -2.33. The molecule has 2 N–H and O–H groups in total. The number of nitrogens with one attached hydrogen (secondary N) is 2. The first kappa shape index (κ1) is 17.5. The molecule has 25 heavy (non-hydrogen) atoms. The summed E-state index contributed by atoms with van der Waals surface area (Å²) in [4.78, 5) is 12.0.